The van der Waals surface area contributed by atoms with Crippen molar-refractivity contribution >= 4 is 33.2 Å². The molecule has 0 fully saturated rings. The van der Waals surface area contributed by atoms with E-state index in [0.717, 1.165) is 16.1 Å². The van der Waals surface area contributed by atoms with Crippen molar-refractivity contribution in [1.29, 1.82) is 0 Å². The van der Waals surface area contributed by atoms with Crippen LogP contribution in [0.3, 0.4) is 0 Å². The van der Waals surface area contributed by atoms with Crippen molar-refractivity contribution < 1.29 is 18.0 Å². The lowest BCUT2D eigenvalue weighted by Gasteiger charge is -2.22. The highest BCUT2D eigenvalue weighted by atomic mass is 32.2. The van der Waals surface area contributed by atoms with Gasteiger partial charge in [-0.05, 0) is 43.3 Å². The zero-order valence-electron chi connectivity index (χ0n) is 15.8. The highest BCUT2D eigenvalue weighted by Gasteiger charge is 2.21. The van der Waals surface area contributed by atoms with Gasteiger partial charge in [0.25, 0.3) is 5.91 Å². The summed E-state index contributed by atoms with van der Waals surface area (Å²) in [4.78, 5) is 25.7. The van der Waals surface area contributed by atoms with E-state index >= 15 is 0 Å². The van der Waals surface area contributed by atoms with Crippen LogP contribution in [0.15, 0.2) is 48.5 Å². The van der Waals surface area contributed by atoms with Crippen LogP contribution in [0.4, 0.5) is 11.4 Å². The van der Waals surface area contributed by atoms with E-state index in [1.165, 1.54) is 29.2 Å². The van der Waals surface area contributed by atoms with Crippen LogP contribution in [0.2, 0.25) is 0 Å². The highest BCUT2D eigenvalue weighted by Crippen LogP contribution is 2.19. The van der Waals surface area contributed by atoms with Crippen molar-refractivity contribution in [3.05, 3.63) is 59.7 Å². The maximum atomic E-state index is 12.3. The standard InChI is InChI=1S/C19H23N3O4S/c1-14-5-9-16(10-6-14)20-18(23)13-22(27(4,25)26)17-11-7-15(8-12-17)19(24)21(2)3/h5-12H,13H2,1-4H3,(H,20,23). The lowest BCUT2D eigenvalue weighted by molar-refractivity contribution is -0.114. The highest BCUT2D eigenvalue weighted by molar-refractivity contribution is 7.92. The predicted octanol–water partition coefficient (Wildman–Crippen LogP) is 2.10. The minimum absolute atomic E-state index is 0.190. The monoisotopic (exact) mass is 389 g/mol. The SMILES string of the molecule is Cc1ccc(NC(=O)CN(c2ccc(C(=O)N(C)C)cc2)S(C)(=O)=O)cc1. The van der Waals surface area contributed by atoms with Crippen LogP contribution in [0.1, 0.15) is 15.9 Å². The van der Waals surface area contributed by atoms with Gasteiger partial charge in [-0.15, -0.1) is 0 Å². The molecule has 0 aliphatic carbocycles. The number of anilines is 2. The fourth-order valence-electron chi connectivity index (χ4n) is 2.40. The molecular formula is C19H23N3O4S. The first-order chi connectivity index (χ1) is 12.6. The van der Waals surface area contributed by atoms with E-state index in [1.54, 1.807) is 26.2 Å². The van der Waals surface area contributed by atoms with Crippen LogP contribution >= 0.6 is 0 Å². The van der Waals surface area contributed by atoms with Crippen LogP contribution in [-0.4, -0.2) is 52.0 Å². The summed E-state index contributed by atoms with van der Waals surface area (Å²) in [6, 6.07) is 13.3. The maximum Gasteiger partial charge on any atom is 0.253 e. The topological polar surface area (TPSA) is 86.8 Å². The average molecular weight is 389 g/mol. The Kier molecular flexibility index (Phi) is 6.22. The zero-order valence-corrected chi connectivity index (χ0v) is 16.6. The van der Waals surface area contributed by atoms with Gasteiger partial charge in [0.05, 0.1) is 11.9 Å². The molecule has 0 aromatic heterocycles. The summed E-state index contributed by atoms with van der Waals surface area (Å²) in [6.07, 6.45) is 1.03. The number of hydrogen-bond acceptors (Lipinski definition) is 4. The third-order valence-corrected chi connectivity index (χ3v) is 4.97. The summed E-state index contributed by atoms with van der Waals surface area (Å²) >= 11 is 0. The van der Waals surface area contributed by atoms with Crippen molar-refractivity contribution in [3.8, 4) is 0 Å². The van der Waals surface area contributed by atoms with Crippen molar-refractivity contribution in [1.82, 2.24) is 4.90 Å². The first-order valence-electron chi connectivity index (χ1n) is 8.24. The molecular weight excluding hydrogens is 366 g/mol. The minimum Gasteiger partial charge on any atom is -0.345 e. The second-order valence-corrected chi connectivity index (χ2v) is 8.34. The Bertz CT molecular complexity index is 920. The van der Waals surface area contributed by atoms with Gasteiger partial charge in [-0.25, -0.2) is 8.42 Å². The second kappa shape index (κ2) is 8.22. The summed E-state index contributed by atoms with van der Waals surface area (Å²) in [5.74, 6) is -0.651. The average Bonchev–Trinajstić information content (AvgIpc) is 2.60. The molecule has 0 aliphatic rings. The molecule has 0 radical (unpaired) electrons. The molecule has 0 saturated heterocycles. The Balaban J connectivity index is 2.19. The predicted molar refractivity (Wildman–Crippen MR) is 106 cm³/mol. The smallest absolute Gasteiger partial charge is 0.253 e. The largest absolute Gasteiger partial charge is 0.345 e. The number of carbonyl (C=O) groups is 2. The molecule has 0 heterocycles. The molecule has 7 nitrogen and oxygen atoms in total. The number of nitrogens with zero attached hydrogens (tertiary/aromatic N) is 2. The quantitative estimate of drug-likeness (QED) is 0.820. The number of hydrogen-bond donors (Lipinski definition) is 1. The molecule has 2 rings (SSSR count). The van der Waals surface area contributed by atoms with Crippen LogP contribution in [0.5, 0.6) is 0 Å². The van der Waals surface area contributed by atoms with Gasteiger partial charge in [0.1, 0.15) is 6.54 Å². The fourth-order valence-corrected chi connectivity index (χ4v) is 3.25. The maximum absolute atomic E-state index is 12.3. The number of benzene rings is 2. The van der Waals surface area contributed by atoms with Crippen LogP contribution < -0.4 is 9.62 Å². The Morgan fingerprint density at radius 2 is 1.52 bits per heavy atom. The van der Waals surface area contributed by atoms with Crippen molar-refractivity contribution in [2.75, 3.05) is 36.5 Å². The molecule has 0 saturated carbocycles. The number of rotatable bonds is 6. The molecule has 0 atom stereocenters. The van der Waals surface area contributed by atoms with Crippen molar-refractivity contribution in [2.24, 2.45) is 0 Å². The summed E-state index contributed by atoms with van der Waals surface area (Å²) in [5.41, 5.74) is 2.39. The van der Waals surface area contributed by atoms with Crippen LogP contribution in [-0.2, 0) is 14.8 Å². The van der Waals surface area contributed by atoms with Gasteiger partial charge in [0.2, 0.25) is 15.9 Å². The molecule has 8 heteroatoms. The molecule has 2 aromatic rings. The summed E-state index contributed by atoms with van der Waals surface area (Å²) in [6.45, 7) is 1.56. The van der Waals surface area contributed by atoms with Gasteiger partial charge in [-0.3, -0.25) is 13.9 Å². The Labute approximate surface area is 159 Å². The van der Waals surface area contributed by atoms with Gasteiger partial charge in [-0.1, -0.05) is 17.7 Å². The first-order valence-corrected chi connectivity index (χ1v) is 10.1. The van der Waals surface area contributed by atoms with E-state index in [-0.39, 0.29) is 12.5 Å². The number of nitrogens with one attached hydrogen (secondary N) is 1. The number of carbonyl (C=O) groups excluding carboxylic acids is 2. The molecule has 144 valence electrons. The van der Waals surface area contributed by atoms with Crippen molar-refractivity contribution in [3.63, 3.8) is 0 Å². The lowest BCUT2D eigenvalue weighted by Crippen LogP contribution is -2.37. The summed E-state index contributed by atoms with van der Waals surface area (Å²) < 4.78 is 25.3. The molecule has 0 spiro atoms. The third-order valence-electron chi connectivity index (χ3n) is 3.83. The Morgan fingerprint density at radius 1 is 0.963 bits per heavy atom. The third kappa shape index (κ3) is 5.55. The molecule has 0 aliphatic heterocycles. The second-order valence-electron chi connectivity index (χ2n) is 6.43. The van der Waals surface area contributed by atoms with Crippen molar-refractivity contribution in [2.45, 2.75) is 6.92 Å². The molecule has 1 N–H and O–H groups in total. The van der Waals surface area contributed by atoms with Crippen LogP contribution in [0.25, 0.3) is 0 Å². The molecule has 2 aromatic carbocycles. The summed E-state index contributed by atoms with van der Waals surface area (Å²) in [7, 11) is -0.418. The van der Waals surface area contributed by atoms with E-state index in [2.05, 4.69) is 5.32 Å². The van der Waals surface area contributed by atoms with E-state index < -0.39 is 15.9 Å². The van der Waals surface area contributed by atoms with Gasteiger partial charge < -0.3 is 10.2 Å². The van der Waals surface area contributed by atoms with Crippen LogP contribution in [0, 0.1) is 6.92 Å². The number of amides is 2. The van der Waals surface area contributed by atoms with Gasteiger partial charge >= 0.3 is 0 Å². The molecule has 2 amide bonds. The van der Waals surface area contributed by atoms with Gasteiger partial charge in [0.15, 0.2) is 0 Å². The summed E-state index contributed by atoms with van der Waals surface area (Å²) in [5, 5.41) is 2.68. The Morgan fingerprint density at radius 3 is 2.00 bits per heavy atom. The van der Waals surface area contributed by atoms with E-state index in [1.807, 2.05) is 19.1 Å². The normalized spacial score (nSPS) is 11.0. The molecule has 0 unspecified atom stereocenters. The zero-order chi connectivity index (χ0) is 20.2. The van der Waals surface area contributed by atoms with E-state index in [0.29, 0.717) is 16.9 Å². The fraction of sp³-hybridized carbons (Fsp3) is 0.263. The van der Waals surface area contributed by atoms with E-state index in [9.17, 15) is 18.0 Å². The lowest BCUT2D eigenvalue weighted by atomic mass is 10.2. The molecule has 0 bridgehead atoms. The molecule has 27 heavy (non-hydrogen) atoms. The first kappa shape index (κ1) is 20.4. The number of sulfonamides is 1. The van der Waals surface area contributed by atoms with Gasteiger partial charge in [0, 0.05) is 25.3 Å². The number of aryl methyl sites for hydroxylation is 1. The van der Waals surface area contributed by atoms with E-state index in [4.69, 9.17) is 0 Å². The van der Waals surface area contributed by atoms with Gasteiger partial charge in [-0.2, -0.15) is 0 Å². The minimum atomic E-state index is -3.68. The Hall–Kier alpha value is -2.87.